The summed E-state index contributed by atoms with van der Waals surface area (Å²) in [6.07, 6.45) is 1.88. The maximum absolute atomic E-state index is 12.1. The Morgan fingerprint density at radius 1 is 1.22 bits per heavy atom. The number of carbonyl (C=O) groups excluding carboxylic acids is 2. The Bertz CT molecular complexity index is 734. The second kappa shape index (κ2) is 8.17. The number of benzene rings is 2. The van der Waals surface area contributed by atoms with E-state index < -0.39 is 5.97 Å². The summed E-state index contributed by atoms with van der Waals surface area (Å²) in [6, 6.07) is 12.6. The third kappa shape index (κ3) is 4.84. The van der Waals surface area contributed by atoms with E-state index in [1.54, 1.807) is 18.2 Å². The Balaban J connectivity index is 1.93. The Kier molecular flexibility index (Phi) is 6.24. The summed E-state index contributed by atoms with van der Waals surface area (Å²) in [5.41, 5.74) is 2.14. The van der Waals surface area contributed by atoms with Crippen LogP contribution in [-0.4, -0.2) is 24.7 Å². The average molecular weight is 394 g/mol. The lowest BCUT2D eigenvalue weighted by Gasteiger charge is -2.09. The van der Waals surface area contributed by atoms with Crippen LogP contribution in [-0.2, 0) is 9.53 Å². The molecule has 0 unspecified atom stereocenters. The first-order chi connectivity index (χ1) is 11.0. The molecule has 4 nitrogen and oxygen atoms in total. The number of aryl methyl sites for hydroxylation is 1. The van der Waals surface area contributed by atoms with E-state index >= 15 is 0 Å². The average Bonchev–Trinajstić information content (AvgIpc) is 2.56. The number of carbonyl (C=O) groups is 2. The molecule has 0 bridgehead atoms. The number of amides is 1. The van der Waals surface area contributed by atoms with Crippen molar-refractivity contribution in [1.29, 1.82) is 0 Å². The number of thioether (sulfide) groups is 1. The third-order valence-electron chi connectivity index (χ3n) is 3.10. The number of halogens is 1. The Morgan fingerprint density at radius 2 is 1.96 bits per heavy atom. The van der Waals surface area contributed by atoms with Gasteiger partial charge in [0.25, 0.3) is 5.91 Å². The molecule has 0 heterocycles. The minimum absolute atomic E-state index is 0.323. The summed E-state index contributed by atoms with van der Waals surface area (Å²) in [7, 11) is 0. The van der Waals surface area contributed by atoms with Crippen molar-refractivity contribution in [2.45, 2.75) is 11.8 Å². The van der Waals surface area contributed by atoms with Crippen LogP contribution in [0, 0.1) is 6.92 Å². The molecule has 2 aromatic carbocycles. The Hall–Kier alpha value is -1.79. The second-order valence-electron chi connectivity index (χ2n) is 4.79. The van der Waals surface area contributed by atoms with Crippen molar-refractivity contribution in [3.05, 3.63) is 58.1 Å². The fraction of sp³-hybridized carbons (Fsp3) is 0.176. The van der Waals surface area contributed by atoms with Crippen LogP contribution in [0.1, 0.15) is 15.9 Å². The number of rotatable bonds is 5. The zero-order valence-corrected chi connectivity index (χ0v) is 15.2. The SMILES string of the molecule is CSc1ccccc1C(=O)OCC(=O)Nc1ccc(Br)c(C)c1. The number of hydrogen-bond acceptors (Lipinski definition) is 4. The highest BCUT2D eigenvalue weighted by atomic mass is 79.9. The zero-order chi connectivity index (χ0) is 16.8. The highest BCUT2D eigenvalue weighted by molar-refractivity contribution is 9.10. The van der Waals surface area contributed by atoms with Crippen molar-refractivity contribution in [2.75, 3.05) is 18.2 Å². The molecule has 6 heteroatoms. The van der Waals surface area contributed by atoms with E-state index in [-0.39, 0.29) is 12.5 Å². The van der Waals surface area contributed by atoms with Gasteiger partial charge in [0.1, 0.15) is 0 Å². The lowest BCUT2D eigenvalue weighted by molar-refractivity contribution is -0.119. The predicted octanol–water partition coefficient (Wildman–Crippen LogP) is 4.27. The Labute approximate surface area is 147 Å². The molecule has 2 aromatic rings. The zero-order valence-electron chi connectivity index (χ0n) is 12.8. The molecule has 0 spiro atoms. The minimum Gasteiger partial charge on any atom is -0.452 e. The fourth-order valence-electron chi connectivity index (χ4n) is 1.94. The number of hydrogen-bond donors (Lipinski definition) is 1. The van der Waals surface area contributed by atoms with Crippen LogP contribution in [0.3, 0.4) is 0 Å². The molecule has 0 radical (unpaired) electrons. The summed E-state index contributed by atoms with van der Waals surface area (Å²) >= 11 is 4.86. The van der Waals surface area contributed by atoms with E-state index in [1.807, 2.05) is 37.4 Å². The van der Waals surface area contributed by atoms with Crippen molar-refractivity contribution in [3.8, 4) is 0 Å². The first-order valence-electron chi connectivity index (χ1n) is 6.87. The van der Waals surface area contributed by atoms with Gasteiger partial charge < -0.3 is 10.1 Å². The van der Waals surface area contributed by atoms with Crippen LogP contribution in [0.15, 0.2) is 51.8 Å². The molecule has 0 fully saturated rings. The van der Waals surface area contributed by atoms with Crippen molar-refractivity contribution in [3.63, 3.8) is 0 Å². The van der Waals surface area contributed by atoms with Crippen LogP contribution in [0.2, 0.25) is 0 Å². The molecule has 0 aromatic heterocycles. The highest BCUT2D eigenvalue weighted by Crippen LogP contribution is 2.21. The van der Waals surface area contributed by atoms with Crippen LogP contribution in [0.4, 0.5) is 5.69 Å². The van der Waals surface area contributed by atoms with Crippen LogP contribution >= 0.6 is 27.7 Å². The fourth-order valence-corrected chi connectivity index (χ4v) is 2.77. The van der Waals surface area contributed by atoms with Gasteiger partial charge in [0.2, 0.25) is 0 Å². The van der Waals surface area contributed by atoms with E-state index in [4.69, 9.17) is 4.74 Å². The van der Waals surface area contributed by atoms with Gasteiger partial charge in [0.05, 0.1) is 5.56 Å². The lowest BCUT2D eigenvalue weighted by Crippen LogP contribution is -2.21. The van der Waals surface area contributed by atoms with Gasteiger partial charge in [-0.3, -0.25) is 4.79 Å². The second-order valence-corrected chi connectivity index (χ2v) is 6.49. The molecule has 0 atom stereocenters. The van der Waals surface area contributed by atoms with Gasteiger partial charge in [0, 0.05) is 15.1 Å². The number of ether oxygens (including phenoxy) is 1. The molecule has 0 aliphatic carbocycles. The minimum atomic E-state index is -0.503. The van der Waals surface area contributed by atoms with Gasteiger partial charge in [-0.05, 0) is 49.1 Å². The first kappa shape index (κ1) is 17.6. The van der Waals surface area contributed by atoms with E-state index in [2.05, 4.69) is 21.2 Å². The van der Waals surface area contributed by atoms with Crippen molar-refractivity contribution in [1.82, 2.24) is 0 Å². The number of nitrogens with one attached hydrogen (secondary N) is 1. The van der Waals surface area contributed by atoms with Crippen LogP contribution in [0.25, 0.3) is 0 Å². The van der Waals surface area contributed by atoms with Gasteiger partial charge in [-0.1, -0.05) is 28.1 Å². The van der Waals surface area contributed by atoms with Crippen LogP contribution < -0.4 is 5.32 Å². The molecule has 0 saturated carbocycles. The number of anilines is 1. The van der Waals surface area contributed by atoms with Crippen molar-refractivity contribution < 1.29 is 14.3 Å². The Morgan fingerprint density at radius 3 is 2.65 bits per heavy atom. The summed E-state index contributed by atoms with van der Waals surface area (Å²) in [5.74, 6) is -0.876. The van der Waals surface area contributed by atoms with Crippen molar-refractivity contribution >= 4 is 45.3 Å². The summed E-state index contributed by atoms with van der Waals surface area (Å²) in [4.78, 5) is 24.8. The molecule has 23 heavy (non-hydrogen) atoms. The molecule has 0 aliphatic heterocycles. The van der Waals surface area contributed by atoms with Gasteiger partial charge in [0.15, 0.2) is 6.61 Å². The molecule has 0 saturated heterocycles. The van der Waals surface area contributed by atoms with Crippen molar-refractivity contribution in [2.24, 2.45) is 0 Å². The lowest BCUT2D eigenvalue weighted by atomic mass is 10.2. The summed E-state index contributed by atoms with van der Waals surface area (Å²) in [5, 5.41) is 2.70. The predicted molar refractivity (Wildman–Crippen MR) is 96.0 cm³/mol. The maximum Gasteiger partial charge on any atom is 0.339 e. The van der Waals surface area contributed by atoms with Gasteiger partial charge >= 0.3 is 5.97 Å². The molecular weight excluding hydrogens is 378 g/mol. The third-order valence-corrected chi connectivity index (χ3v) is 4.79. The molecule has 1 amide bonds. The molecule has 2 rings (SSSR count). The van der Waals surface area contributed by atoms with Crippen LogP contribution in [0.5, 0.6) is 0 Å². The first-order valence-corrected chi connectivity index (χ1v) is 8.89. The van der Waals surface area contributed by atoms with E-state index in [0.717, 1.165) is 14.9 Å². The normalized spacial score (nSPS) is 10.2. The van der Waals surface area contributed by atoms with E-state index in [9.17, 15) is 9.59 Å². The van der Waals surface area contributed by atoms with Gasteiger partial charge in [-0.2, -0.15) is 0 Å². The van der Waals surface area contributed by atoms with E-state index in [1.165, 1.54) is 11.8 Å². The highest BCUT2D eigenvalue weighted by Gasteiger charge is 2.13. The standard InChI is InChI=1S/C17H16BrNO3S/c1-11-9-12(7-8-14(11)18)19-16(20)10-22-17(21)13-5-3-4-6-15(13)23-2/h3-9H,10H2,1-2H3,(H,19,20). The molecule has 0 aliphatic rings. The molecule has 120 valence electrons. The summed E-state index contributed by atoms with van der Waals surface area (Å²) < 4.78 is 6.05. The topological polar surface area (TPSA) is 55.4 Å². The quantitative estimate of drug-likeness (QED) is 0.608. The van der Waals surface area contributed by atoms with E-state index in [0.29, 0.717) is 11.3 Å². The smallest absolute Gasteiger partial charge is 0.339 e. The largest absolute Gasteiger partial charge is 0.452 e. The summed E-state index contributed by atoms with van der Waals surface area (Å²) in [6.45, 7) is 1.61. The maximum atomic E-state index is 12.1. The molecular formula is C17H16BrNO3S. The number of esters is 1. The van der Waals surface area contributed by atoms with Gasteiger partial charge in [-0.15, -0.1) is 11.8 Å². The van der Waals surface area contributed by atoms with Gasteiger partial charge in [-0.25, -0.2) is 4.79 Å². The molecule has 1 N–H and O–H groups in total. The monoisotopic (exact) mass is 393 g/mol.